The number of anilines is 1. The SMILES string of the molecule is Nc1ccc(C(=O)C2CCOC2)cc1Br. The minimum atomic E-state index is 0.0144. The zero-order chi connectivity index (χ0) is 10.8. The lowest BCUT2D eigenvalue weighted by molar-refractivity contribution is 0.0900. The molecule has 2 N–H and O–H groups in total. The standard InChI is InChI=1S/C11H12BrNO2/c12-9-5-7(1-2-10(9)13)11(14)8-3-4-15-6-8/h1-2,5,8H,3-4,6,13H2. The molecule has 1 unspecified atom stereocenters. The van der Waals surface area contributed by atoms with Crippen molar-refractivity contribution in [1.82, 2.24) is 0 Å². The molecule has 1 saturated heterocycles. The zero-order valence-electron chi connectivity index (χ0n) is 8.20. The minimum Gasteiger partial charge on any atom is -0.398 e. The number of Topliss-reactive ketones (excluding diaryl/α,β-unsaturated/α-hetero) is 1. The summed E-state index contributed by atoms with van der Waals surface area (Å²) in [6.45, 7) is 1.23. The lowest BCUT2D eigenvalue weighted by Crippen LogP contribution is -2.14. The number of halogens is 1. The van der Waals surface area contributed by atoms with Crippen LogP contribution < -0.4 is 5.73 Å². The Morgan fingerprint density at radius 1 is 1.53 bits per heavy atom. The number of nitrogens with two attached hydrogens (primary N) is 1. The second-order valence-corrected chi connectivity index (χ2v) is 4.52. The number of carbonyl (C=O) groups excluding carboxylic acids is 1. The largest absolute Gasteiger partial charge is 0.398 e. The molecule has 0 amide bonds. The molecule has 0 bridgehead atoms. The van der Waals surface area contributed by atoms with Gasteiger partial charge in [-0.25, -0.2) is 0 Å². The Kier molecular flexibility index (Phi) is 3.07. The first-order chi connectivity index (χ1) is 7.18. The van der Waals surface area contributed by atoms with Crippen LogP contribution in [0.2, 0.25) is 0 Å². The Bertz CT molecular complexity index is 386. The Morgan fingerprint density at radius 2 is 2.33 bits per heavy atom. The molecular formula is C11H12BrNO2. The number of nitrogen functional groups attached to an aromatic ring is 1. The van der Waals surface area contributed by atoms with Crippen LogP contribution in [0.25, 0.3) is 0 Å². The maximum absolute atomic E-state index is 12.0. The topological polar surface area (TPSA) is 52.3 Å². The van der Waals surface area contributed by atoms with Gasteiger partial charge in [-0.3, -0.25) is 4.79 Å². The molecule has 0 aromatic heterocycles. The van der Waals surface area contributed by atoms with E-state index in [2.05, 4.69) is 15.9 Å². The van der Waals surface area contributed by atoms with Gasteiger partial charge in [-0.2, -0.15) is 0 Å². The summed E-state index contributed by atoms with van der Waals surface area (Å²) >= 11 is 3.31. The van der Waals surface area contributed by atoms with E-state index < -0.39 is 0 Å². The van der Waals surface area contributed by atoms with Gasteiger partial charge in [0, 0.05) is 28.2 Å². The number of benzene rings is 1. The molecular weight excluding hydrogens is 258 g/mol. The first-order valence-electron chi connectivity index (χ1n) is 4.85. The van der Waals surface area contributed by atoms with Gasteiger partial charge in [0.1, 0.15) is 0 Å². The van der Waals surface area contributed by atoms with Crippen LogP contribution in [0.15, 0.2) is 22.7 Å². The average molecular weight is 270 g/mol. The summed E-state index contributed by atoms with van der Waals surface area (Å²) in [6, 6.07) is 5.28. The minimum absolute atomic E-state index is 0.0144. The first-order valence-corrected chi connectivity index (χ1v) is 5.65. The van der Waals surface area contributed by atoms with Crippen LogP contribution in [0.5, 0.6) is 0 Å². The van der Waals surface area contributed by atoms with Crippen molar-refractivity contribution in [3.63, 3.8) is 0 Å². The summed E-state index contributed by atoms with van der Waals surface area (Å²) < 4.78 is 5.97. The Labute approximate surface area is 96.7 Å². The second-order valence-electron chi connectivity index (χ2n) is 3.66. The van der Waals surface area contributed by atoms with Crippen molar-refractivity contribution in [1.29, 1.82) is 0 Å². The highest BCUT2D eigenvalue weighted by Gasteiger charge is 2.24. The van der Waals surface area contributed by atoms with Crippen LogP contribution in [0, 0.1) is 5.92 Å². The number of carbonyl (C=O) groups is 1. The number of ether oxygens (including phenoxy) is 1. The van der Waals surface area contributed by atoms with E-state index in [0.717, 1.165) is 10.9 Å². The van der Waals surface area contributed by atoms with E-state index in [1.165, 1.54) is 0 Å². The van der Waals surface area contributed by atoms with E-state index >= 15 is 0 Å². The maximum Gasteiger partial charge on any atom is 0.168 e. The van der Waals surface area contributed by atoms with Crippen LogP contribution in [-0.4, -0.2) is 19.0 Å². The number of hydrogen-bond acceptors (Lipinski definition) is 3. The van der Waals surface area contributed by atoms with Crippen molar-refractivity contribution in [2.45, 2.75) is 6.42 Å². The van der Waals surface area contributed by atoms with Crippen LogP contribution >= 0.6 is 15.9 Å². The fraction of sp³-hybridized carbons (Fsp3) is 0.364. The quantitative estimate of drug-likeness (QED) is 0.662. The molecule has 3 nitrogen and oxygen atoms in total. The Balaban J connectivity index is 2.21. The highest BCUT2D eigenvalue weighted by atomic mass is 79.9. The van der Waals surface area contributed by atoms with E-state index in [0.29, 0.717) is 24.5 Å². The van der Waals surface area contributed by atoms with Crippen LogP contribution in [0.4, 0.5) is 5.69 Å². The summed E-state index contributed by atoms with van der Waals surface area (Å²) in [4.78, 5) is 12.0. The molecule has 1 aromatic carbocycles. The van der Waals surface area contributed by atoms with Gasteiger partial charge in [0.15, 0.2) is 5.78 Å². The molecule has 2 rings (SSSR count). The number of hydrogen-bond donors (Lipinski definition) is 1. The van der Waals surface area contributed by atoms with Crippen molar-refractivity contribution in [3.8, 4) is 0 Å². The Morgan fingerprint density at radius 3 is 2.93 bits per heavy atom. The molecule has 0 saturated carbocycles. The molecule has 1 fully saturated rings. The third kappa shape index (κ3) is 2.21. The lowest BCUT2D eigenvalue weighted by Gasteiger charge is -2.07. The molecule has 80 valence electrons. The maximum atomic E-state index is 12.0. The van der Waals surface area contributed by atoms with Gasteiger partial charge in [-0.05, 0) is 40.5 Å². The van der Waals surface area contributed by atoms with Gasteiger partial charge in [-0.1, -0.05) is 0 Å². The smallest absolute Gasteiger partial charge is 0.168 e. The van der Waals surface area contributed by atoms with Gasteiger partial charge >= 0.3 is 0 Å². The van der Waals surface area contributed by atoms with Crippen molar-refractivity contribution < 1.29 is 9.53 Å². The Hall–Kier alpha value is -0.870. The fourth-order valence-corrected chi connectivity index (χ4v) is 2.04. The van der Waals surface area contributed by atoms with Gasteiger partial charge in [0.25, 0.3) is 0 Å². The monoisotopic (exact) mass is 269 g/mol. The predicted octanol–water partition coefficient (Wildman–Crippen LogP) is 2.25. The molecule has 0 spiro atoms. The molecule has 0 radical (unpaired) electrons. The second kappa shape index (κ2) is 4.33. The van der Waals surface area contributed by atoms with Crippen molar-refractivity contribution in [2.75, 3.05) is 18.9 Å². The van der Waals surface area contributed by atoms with Crippen LogP contribution in [0.1, 0.15) is 16.8 Å². The van der Waals surface area contributed by atoms with Crippen molar-refractivity contribution in [2.24, 2.45) is 5.92 Å². The molecule has 0 aliphatic carbocycles. The molecule has 1 aliphatic heterocycles. The van der Waals surface area contributed by atoms with Gasteiger partial charge in [0.2, 0.25) is 0 Å². The highest BCUT2D eigenvalue weighted by molar-refractivity contribution is 9.10. The van der Waals surface area contributed by atoms with E-state index in [9.17, 15) is 4.79 Å². The normalized spacial score (nSPS) is 20.5. The number of rotatable bonds is 2. The average Bonchev–Trinajstić information content (AvgIpc) is 2.74. The fourth-order valence-electron chi connectivity index (χ4n) is 1.66. The van der Waals surface area contributed by atoms with Gasteiger partial charge in [-0.15, -0.1) is 0 Å². The van der Waals surface area contributed by atoms with Crippen molar-refractivity contribution >= 4 is 27.4 Å². The van der Waals surface area contributed by atoms with E-state index in [1.807, 2.05) is 0 Å². The predicted molar refractivity (Wildman–Crippen MR) is 61.8 cm³/mol. The molecule has 4 heteroatoms. The molecule has 15 heavy (non-hydrogen) atoms. The highest BCUT2D eigenvalue weighted by Crippen LogP contribution is 2.24. The third-order valence-corrected chi connectivity index (χ3v) is 3.27. The zero-order valence-corrected chi connectivity index (χ0v) is 9.79. The summed E-state index contributed by atoms with van der Waals surface area (Å²) in [5.74, 6) is 0.161. The van der Waals surface area contributed by atoms with Crippen LogP contribution in [0.3, 0.4) is 0 Å². The number of ketones is 1. The third-order valence-electron chi connectivity index (χ3n) is 2.59. The lowest BCUT2D eigenvalue weighted by atomic mass is 9.97. The van der Waals surface area contributed by atoms with E-state index in [4.69, 9.17) is 10.5 Å². The molecule has 1 atom stereocenters. The van der Waals surface area contributed by atoms with Gasteiger partial charge in [0.05, 0.1) is 6.61 Å². The molecule has 1 heterocycles. The van der Waals surface area contributed by atoms with Crippen LogP contribution in [-0.2, 0) is 4.74 Å². The first kappa shape index (κ1) is 10.6. The summed E-state index contributed by atoms with van der Waals surface area (Å²) in [5, 5.41) is 0. The van der Waals surface area contributed by atoms with Crippen molar-refractivity contribution in [3.05, 3.63) is 28.2 Å². The summed E-state index contributed by atoms with van der Waals surface area (Å²) in [7, 11) is 0. The van der Waals surface area contributed by atoms with E-state index in [-0.39, 0.29) is 11.7 Å². The molecule has 1 aromatic rings. The summed E-state index contributed by atoms with van der Waals surface area (Å²) in [5.41, 5.74) is 7.01. The van der Waals surface area contributed by atoms with E-state index in [1.54, 1.807) is 18.2 Å². The molecule has 1 aliphatic rings. The summed E-state index contributed by atoms with van der Waals surface area (Å²) in [6.07, 6.45) is 0.820. The van der Waals surface area contributed by atoms with Gasteiger partial charge < -0.3 is 10.5 Å².